The van der Waals surface area contributed by atoms with Crippen LogP contribution in [0.5, 0.6) is 0 Å². The molecule has 1 unspecified atom stereocenters. The number of hydrogen-bond donors (Lipinski definition) is 3. The minimum Gasteiger partial charge on any atom is -0.366 e. The number of piperidine rings is 2. The van der Waals surface area contributed by atoms with E-state index in [2.05, 4.69) is 41.8 Å². The van der Waals surface area contributed by atoms with E-state index in [4.69, 9.17) is 4.74 Å². The average Bonchev–Trinajstić information content (AvgIpc) is 2.88. The first-order valence-electron chi connectivity index (χ1n) is 12.6. The van der Waals surface area contributed by atoms with Crippen LogP contribution >= 0.6 is 0 Å². The number of amides is 1. The molecule has 0 aliphatic carbocycles. The number of benzene rings is 1. The molecule has 2 aliphatic rings. The van der Waals surface area contributed by atoms with Gasteiger partial charge in [0, 0.05) is 20.2 Å². The molecule has 0 radical (unpaired) electrons. The Morgan fingerprint density at radius 1 is 1.21 bits per heavy atom. The minimum absolute atomic E-state index is 0.142. The van der Waals surface area contributed by atoms with Gasteiger partial charge in [-0.05, 0) is 68.7 Å². The van der Waals surface area contributed by atoms with Crippen LogP contribution in [0.25, 0.3) is 0 Å². The Morgan fingerprint density at radius 3 is 2.44 bits per heavy atom. The van der Waals surface area contributed by atoms with Crippen molar-refractivity contribution < 1.29 is 23.1 Å². The van der Waals surface area contributed by atoms with Crippen molar-refractivity contribution in [1.29, 1.82) is 0 Å². The van der Waals surface area contributed by atoms with Crippen LogP contribution in [0.3, 0.4) is 0 Å². The molecule has 3 N–H and O–H groups in total. The fourth-order valence-corrected chi connectivity index (χ4v) is 7.28. The summed E-state index contributed by atoms with van der Waals surface area (Å²) in [6, 6.07) is 8.80. The average molecular weight is 496 g/mol. The zero-order valence-electron chi connectivity index (χ0n) is 20.6. The summed E-state index contributed by atoms with van der Waals surface area (Å²) in [7, 11) is -2.54. The molecule has 1 aromatic rings. The number of hydrogen-bond acceptors (Lipinski definition) is 6. The molecule has 0 saturated carbocycles. The van der Waals surface area contributed by atoms with Crippen molar-refractivity contribution in [3.05, 3.63) is 35.4 Å². The van der Waals surface area contributed by atoms with Gasteiger partial charge in [0.2, 0.25) is 15.9 Å². The molecule has 3 rings (SSSR count). The maximum atomic E-state index is 13.8. The van der Waals surface area contributed by atoms with Gasteiger partial charge in [-0.3, -0.25) is 4.79 Å². The monoisotopic (exact) mass is 495 g/mol. The van der Waals surface area contributed by atoms with Gasteiger partial charge >= 0.3 is 0 Å². The number of nitrogens with one attached hydrogen (secondary N) is 2. The summed E-state index contributed by atoms with van der Waals surface area (Å²) in [5.41, 5.74) is 2.62. The summed E-state index contributed by atoms with van der Waals surface area (Å²) >= 11 is 0. The summed E-state index contributed by atoms with van der Waals surface area (Å²) in [5, 5.41) is 15.4. The van der Waals surface area contributed by atoms with Crippen molar-refractivity contribution in [2.45, 2.75) is 75.2 Å². The van der Waals surface area contributed by atoms with Crippen LogP contribution in [0.15, 0.2) is 24.3 Å². The highest BCUT2D eigenvalue weighted by Crippen LogP contribution is 2.36. The van der Waals surface area contributed by atoms with Crippen LogP contribution < -0.4 is 10.6 Å². The highest BCUT2D eigenvalue weighted by molar-refractivity contribution is 7.91. The van der Waals surface area contributed by atoms with Crippen molar-refractivity contribution in [1.82, 2.24) is 14.9 Å². The Morgan fingerprint density at radius 2 is 1.85 bits per heavy atom. The summed E-state index contributed by atoms with van der Waals surface area (Å²) in [4.78, 5) is 13.1. The SMILES string of the molecule is CCCCCc1ccc(C2CCN(S(=O)(=O)C3(C(=O)NCC(O)OC)CCNCC3)CC2)cc1. The molecule has 9 heteroatoms. The van der Waals surface area contributed by atoms with E-state index in [0.717, 1.165) is 19.3 Å². The maximum Gasteiger partial charge on any atom is 0.243 e. The quantitative estimate of drug-likeness (QED) is 0.321. The topological polar surface area (TPSA) is 108 Å². The third-order valence-electron chi connectivity index (χ3n) is 7.34. The molecule has 2 fully saturated rings. The second-order valence-electron chi connectivity index (χ2n) is 9.52. The van der Waals surface area contributed by atoms with Crippen LogP contribution in [0.1, 0.15) is 68.9 Å². The van der Waals surface area contributed by atoms with E-state index < -0.39 is 27.0 Å². The first kappa shape index (κ1) is 27.1. The zero-order valence-corrected chi connectivity index (χ0v) is 21.4. The predicted octanol–water partition coefficient (Wildman–Crippen LogP) is 2.13. The summed E-state index contributed by atoms with van der Waals surface area (Å²) in [6.07, 6.45) is 5.52. The number of aryl methyl sites for hydroxylation is 1. The molecule has 1 amide bonds. The standard InChI is InChI=1S/C25H41N3O5S/c1-3-4-5-6-20-7-9-21(10-8-20)22-11-17-28(18-12-22)34(31,32)25(13-15-26-16-14-25)24(30)27-19-23(29)33-2/h7-10,22-23,26,29H,3-6,11-19H2,1-2H3,(H,27,30). The number of unbranched alkanes of at least 4 members (excludes halogenated alkanes) is 2. The molecule has 2 heterocycles. The lowest BCUT2D eigenvalue weighted by Gasteiger charge is -2.41. The molecule has 0 aromatic heterocycles. The maximum absolute atomic E-state index is 13.8. The van der Waals surface area contributed by atoms with Crippen molar-refractivity contribution in [2.75, 3.05) is 39.8 Å². The van der Waals surface area contributed by atoms with Crippen LogP contribution in [-0.2, 0) is 26.0 Å². The van der Waals surface area contributed by atoms with Gasteiger partial charge in [-0.2, -0.15) is 0 Å². The lowest BCUT2D eigenvalue weighted by atomic mass is 9.89. The number of carbonyl (C=O) groups excluding carboxylic acids is 1. The lowest BCUT2D eigenvalue weighted by molar-refractivity contribution is -0.128. The van der Waals surface area contributed by atoms with E-state index in [1.807, 2.05) is 0 Å². The van der Waals surface area contributed by atoms with Gasteiger partial charge in [-0.1, -0.05) is 44.0 Å². The Bertz CT molecular complexity index is 876. The van der Waals surface area contributed by atoms with E-state index in [1.54, 1.807) is 0 Å². The van der Waals surface area contributed by atoms with E-state index in [0.29, 0.717) is 32.1 Å². The highest BCUT2D eigenvalue weighted by Gasteiger charge is 2.54. The van der Waals surface area contributed by atoms with Gasteiger partial charge < -0.3 is 20.5 Å². The number of methoxy groups -OCH3 is 1. The van der Waals surface area contributed by atoms with Crippen molar-refractivity contribution in [3.8, 4) is 0 Å². The molecule has 1 aromatic carbocycles. The molecule has 34 heavy (non-hydrogen) atoms. The Balaban J connectivity index is 1.65. The second-order valence-corrected chi connectivity index (χ2v) is 11.8. The normalized spacial score (nSPS) is 20.7. The first-order chi connectivity index (χ1) is 16.3. The predicted molar refractivity (Wildman–Crippen MR) is 133 cm³/mol. The van der Waals surface area contributed by atoms with Gasteiger partial charge in [0.05, 0.1) is 6.54 Å². The smallest absolute Gasteiger partial charge is 0.243 e. The highest BCUT2D eigenvalue weighted by atomic mass is 32.2. The van der Waals surface area contributed by atoms with E-state index >= 15 is 0 Å². The lowest BCUT2D eigenvalue weighted by Crippen LogP contribution is -2.62. The van der Waals surface area contributed by atoms with Crippen molar-refractivity contribution >= 4 is 15.9 Å². The number of nitrogens with zero attached hydrogens (tertiary/aromatic N) is 1. The van der Waals surface area contributed by atoms with Gasteiger partial charge in [-0.25, -0.2) is 12.7 Å². The molecule has 1 atom stereocenters. The molecule has 0 spiro atoms. The number of ether oxygens (including phenoxy) is 1. The number of aliphatic hydroxyl groups is 1. The molecule has 2 saturated heterocycles. The summed E-state index contributed by atoms with van der Waals surface area (Å²) in [5.74, 6) is -0.225. The number of aliphatic hydroxyl groups excluding tert-OH is 1. The van der Waals surface area contributed by atoms with Crippen LogP contribution in [0, 0.1) is 0 Å². The van der Waals surface area contributed by atoms with Crippen LogP contribution in [0.2, 0.25) is 0 Å². The van der Waals surface area contributed by atoms with Gasteiger partial charge in [0.1, 0.15) is 0 Å². The van der Waals surface area contributed by atoms with Crippen molar-refractivity contribution in [3.63, 3.8) is 0 Å². The summed E-state index contributed by atoms with van der Waals surface area (Å²) < 4.78 is 32.3. The first-order valence-corrected chi connectivity index (χ1v) is 14.1. The Kier molecular flexibility index (Phi) is 9.91. The molecule has 192 valence electrons. The molecular weight excluding hydrogens is 454 g/mol. The molecular formula is C25H41N3O5S. The number of carbonyl (C=O) groups is 1. The summed E-state index contributed by atoms with van der Waals surface area (Å²) in [6.45, 7) is 3.81. The Hall–Kier alpha value is -1.52. The van der Waals surface area contributed by atoms with E-state index in [9.17, 15) is 18.3 Å². The zero-order chi connectivity index (χ0) is 24.6. The number of sulfonamides is 1. The van der Waals surface area contributed by atoms with Gasteiger partial charge in [-0.15, -0.1) is 0 Å². The molecule has 2 aliphatic heterocycles. The van der Waals surface area contributed by atoms with Crippen LogP contribution in [-0.4, -0.2) is 74.6 Å². The van der Waals surface area contributed by atoms with Gasteiger partial charge in [0.15, 0.2) is 11.0 Å². The van der Waals surface area contributed by atoms with Crippen molar-refractivity contribution in [2.24, 2.45) is 0 Å². The molecule has 8 nitrogen and oxygen atoms in total. The fraction of sp³-hybridized carbons (Fsp3) is 0.720. The Labute approximate surface area is 204 Å². The fourth-order valence-electron chi connectivity index (χ4n) is 5.07. The van der Waals surface area contributed by atoms with E-state index in [-0.39, 0.29) is 19.4 Å². The minimum atomic E-state index is -3.87. The third-order valence-corrected chi connectivity index (χ3v) is 9.97. The number of rotatable bonds is 11. The van der Waals surface area contributed by atoms with Crippen LogP contribution in [0.4, 0.5) is 0 Å². The van der Waals surface area contributed by atoms with Gasteiger partial charge in [0.25, 0.3) is 0 Å². The largest absolute Gasteiger partial charge is 0.366 e. The third kappa shape index (κ3) is 6.18. The van der Waals surface area contributed by atoms with E-state index in [1.165, 1.54) is 41.8 Å². The molecule has 0 bridgehead atoms. The second kappa shape index (κ2) is 12.4.